The molecule has 30 heavy (non-hydrogen) atoms. The second kappa shape index (κ2) is 7.61. The monoisotopic (exact) mass is 410 g/mol. The van der Waals surface area contributed by atoms with Crippen LogP contribution in [0.5, 0.6) is 0 Å². The highest BCUT2D eigenvalue weighted by molar-refractivity contribution is 7.12. The number of thiophene rings is 1. The van der Waals surface area contributed by atoms with E-state index in [1.165, 1.54) is 11.3 Å². The highest BCUT2D eigenvalue weighted by Gasteiger charge is 2.18. The van der Waals surface area contributed by atoms with Gasteiger partial charge in [0, 0.05) is 33.7 Å². The molecule has 5 aromatic rings. The van der Waals surface area contributed by atoms with E-state index in [0.717, 1.165) is 27.4 Å². The standard InChI is InChI=1S/C25H18N2O2S/c28-24(26-21-11-5-8-17-7-1-2-9-18(17)21)16-27-15-20(19-10-3-4-12-22(19)27)25(29)23-13-6-14-30-23/h1-15H,16H2,(H,26,28). The number of para-hydroxylation sites is 1. The summed E-state index contributed by atoms with van der Waals surface area (Å²) in [6, 6.07) is 25.2. The fourth-order valence-corrected chi connectivity index (χ4v) is 4.46. The number of hydrogen-bond acceptors (Lipinski definition) is 3. The lowest BCUT2D eigenvalue weighted by molar-refractivity contribution is -0.116. The summed E-state index contributed by atoms with van der Waals surface area (Å²) in [5.74, 6) is -0.156. The summed E-state index contributed by atoms with van der Waals surface area (Å²) in [5.41, 5.74) is 2.26. The summed E-state index contributed by atoms with van der Waals surface area (Å²) < 4.78 is 1.84. The Balaban J connectivity index is 1.47. The first-order valence-electron chi connectivity index (χ1n) is 9.64. The maximum atomic E-state index is 13.0. The molecule has 1 amide bonds. The van der Waals surface area contributed by atoms with Gasteiger partial charge in [-0.05, 0) is 29.0 Å². The minimum atomic E-state index is -0.137. The third-order valence-corrected chi connectivity index (χ3v) is 6.02. The number of benzene rings is 3. The number of nitrogens with zero attached hydrogens (tertiary/aromatic N) is 1. The largest absolute Gasteiger partial charge is 0.337 e. The molecule has 0 saturated heterocycles. The molecular weight excluding hydrogens is 392 g/mol. The van der Waals surface area contributed by atoms with Gasteiger partial charge in [0.15, 0.2) is 0 Å². The predicted octanol–water partition coefficient (Wildman–Crippen LogP) is 5.73. The van der Waals surface area contributed by atoms with Crippen LogP contribution >= 0.6 is 11.3 Å². The van der Waals surface area contributed by atoms with Gasteiger partial charge in [0.2, 0.25) is 11.7 Å². The number of ketones is 1. The van der Waals surface area contributed by atoms with Crippen LogP contribution in [0, 0.1) is 0 Å². The Morgan fingerprint density at radius 3 is 2.43 bits per heavy atom. The molecule has 0 radical (unpaired) electrons. The van der Waals surface area contributed by atoms with Crippen molar-refractivity contribution >= 4 is 50.4 Å². The van der Waals surface area contributed by atoms with E-state index in [0.29, 0.717) is 10.4 Å². The van der Waals surface area contributed by atoms with Crippen LogP contribution in [0.3, 0.4) is 0 Å². The molecule has 0 bridgehead atoms. The molecule has 3 aromatic carbocycles. The van der Waals surface area contributed by atoms with E-state index in [1.54, 1.807) is 6.20 Å². The van der Waals surface area contributed by atoms with E-state index in [-0.39, 0.29) is 18.2 Å². The van der Waals surface area contributed by atoms with Crippen LogP contribution in [0.2, 0.25) is 0 Å². The number of carbonyl (C=O) groups is 2. The SMILES string of the molecule is O=C(Cn1cc(C(=O)c2cccs2)c2ccccc21)Nc1cccc2ccccc12. The summed E-state index contributed by atoms with van der Waals surface area (Å²) in [6.07, 6.45) is 1.79. The second-order valence-corrected chi connectivity index (χ2v) is 8.02. The average molecular weight is 410 g/mol. The van der Waals surface area contributed by atoms with E-state index in [2.05, 4.69) is 5.32 Å². The van der Waals surface area contributed by atoms with Crippen molar-refractivity contribution in [3.8, 4) is 0 Å². The molecule has 0 saturated carbocycles. The molecule has 0 fully saturated rings. The van der Waals surface area contributed by atoms with Crippen molar-refractivity contribution in [1.29, 1.82) is 0 Å². The van der Waals surface area contributed by atoms with Crippen LogP contribution in [0.1, 0.15) is 15.2 Å². The van der Waals surface area contributed by atoms with E-state index in [9.17, 15) is 9.59 Å². The Bertz CT molecular complexity index is 1380. The first-order valence-corrected chi connectivity index (χ1v) is 10.5. The Labute approximate surface area is 177 Å². The van der Waals surface area contributed by atoms with Gasteiger partial charge in [0.05, 0.1) is 4.88 Å². The maximum absolute atomic E-state index is 13.0. The number of hydrogen-bond donors (Lipinski definition) is 1. The third-order valence-electron chi connectivity index (χ3n) is 5.16. The molecule has 1 N–H and O–H groups in total. The van der Waals surface area contributed by atoms with Gasteiger partial charge in [-0.15, -0.1) is 11.3 Å². The first kappa shape index (κ1) is 18.3. The van der Waals surface area contributed by atoms with Gasteiger partial charge >= 0.3 is 0 Å². The second-order valence-electron chi connectivity index (χ2n) is 7.07. The number of carbonyl (C=O) groups excluding carboxylic acids is 2. The molecule has 0 unspecified atom stereocenters. The van der Waals surface area contributed by atoms with Crippen molar-refractivity contribution in [1.82, 2.24) is 4.57 Å². The fourth-order valence-electron chi connectivity index (χ4n) is 3.78. The Morgan fingerprint density at radius 1 is 0.833 bits per heavy atom. The minimum Gasteiger partial charge on any atom is -0.337 e. The van der Waals surface area contributed by atoms with Crippen molar-refractivity contribution in [2.45, 2.75) is 6.54 Å². The number of aromatic nitrogens is 1. The van der Waals surface area contributed by atoms with Gasteiger partial charge in [0.25, 0.3) is 0 Å². The van der Waals surface area contributed by atoms with Gasteiger partial charge in [0.1, 0.15) is 6.54 Å². The number of amides is 1. The van der Waals surface area contributed by atoms with E-state index >= 15 is 0 Å². The Morgan fingerprint density at radius 2 is 1.60 bits per heavy atom. The maximum Gasteiger partial charge on any atom is 0.244 e. The summed E-state index contributed by atoms with van der Waals surface area (Å²) in [6.45, 7) is 0.126. The average Bonchev–Trinajstić information content (AvgIpc) is 3.43. The number of fused-ring (bicyclic) bond motifs is 2. The van der Waals surface area contributed by atoms with Gasteiger partial charge in [-0.2, -0.15) is 0 Å². The minimum absolute atomic E-state index is 0.0191. The van der Waals surface area contributed by atoms with Gasteiger partial charge in [-0.25, -0.2) is 0 Å². The number of nitrogens with one attached hydrogen (secondary N) is 1. The van der Waals surface area contributed by atoms with Crippen LogP contribution in [-0.4, -0.2) is 16.3 Å². The molecule has 4 nitrogen and oxygen atoms in total. The molecular formula is C25H18N2O2S. The van der Waals surface area contributed by atoms with Crippen molar-refractivity contribution in [3.63, 3.8) is 0 Å². The topological polar surface area (TPSA) is 51.1 Å². The van der Waals surface area contributed by atoms with E-state index < -0.39 is 0 Å². The van der Waals surface area contributed by atoms with Gasteiger partial charge in [-0.1, -0.05) is 60.7 Å². The van der Waals surface area contributed by atoms with E-state index in [1.807, 2.05) is 88.8 Å². The van der Waals surface area contributed by atoms with Gasteiger partial charge < -0.3 is 9.88 Å². The Hall–Kier alpha value is -3.70. The summed E-state index contributed by atoms with van der Waals surface area (Å²) in [5, 5.41) is 7.84. The summed E-state index contributed by atoms with van der Waals surface area (Å²) in [7, 11) is 0. The molecule has 5 rings (SSSR count). The lowest BCUT2D eigenvalue weighted by Gasteiger charge is -2.10. The highest BCUT2D eigenvalue weighted by Crippen LogP contribution is 2.26. The number of rotatable bonds is 5. The molecule has 0 aliphatic rings. The van der Waals surface area contributed by atoms with Crippen LogP contribution in [0.25, 0.3) is 21.7 Å². The van der Waals surface area contributed by atoms with E-state index in [4.69, 9.17) is 0 Å². The molecule has 0 aliphatic heterocycles. The lowest BCUT2D eigenvalue weighted by Crippen LogP contribution is -2.18. The molecule has 5 heteroatoms. The van der Waals surface area contributed by atoms with Crippen LogP contribution in [0.4, 0.5) is 5.69 Å². The van der Waals surface area contributed by atoms with Crippen molar-refractivity contribution in [3.05, 3.63) is 101 Å². The zero-order valence-electron chi connectivity index (χ0n) is 16.0. The Kier molecular flexibility index (Phi) is 4.65. The van der Waals surface area contributed by atoms with Crippen LogP contribution in [-0.2, 0) is 11.3 Å². The van der Waals surface area contributed by atoms with Crippen LogP contribution in [0.15, 0.2) is 90.4 Å². The smallest absolute Gasteiger partial charge is 0.244 e. The molecule has 0 spiro atoms. The zero-order valence-corrected chi connectivity index (χ0v) is 16.9. The molecule has 2 aromatic heterocycles. The molecule has 146 valence electrons. The quantitative estimate of drug-likeness (QED) is 0.377. The lowest BCUT2D eigenvalue weighted by atomic mass is 10.1. The predicted molar refractivity (Wildman–Crippen MR) is 122 cm³/mol. The molecule has 2 heterocycles. The zero-order chi connectivity index (χ0) is 20.5. The van der Waals surface area contributed by atoms with Crippen LogP contribution < -0.4 is 5.32 Å². The normalized spacial score (nSPS) is 11.1. The van der Waals surface area contributed by atoms with Gasteiger partial charge in [-0.3, -0.25) is 9.59 Å². The third kappa shape index (κ3) is 3.29. The summed E-state index contributed by atoms with van der Waals surface area (Å²) >= 11 is 1.42. The molecule has 0 atom stereocenters. The summed E-state index contributed by atoms with van der Waals surface area (Å²) in [4.78, 5) is 26.5. The highest BCUT2D eigenvalue weighted by atomic mass is 32.1. The number of anilines is 1. The van der Waals surface area contributed by atoms with Crippen molar-refractivity contribution in [2.24, 2.45) is 0 Å². The van der Waals surface area contributed by atoms with Crippen molar-refractivity contribution in [2.75, 3.05) is 5.32 Å². The van der Waals surface area contributed by atoms with Crippen molar-refractivity contribution < 1.29 is 9.59 Å². The fraction of sp³-hybridized carbons (Fsp3) is 0.0400. The first-order chi connectivity index (χ1) is 14.7. The molecule has 0 aliphatic carbocycles.